The van der Waals surface area contributed by atoms with Gasteiger partial charge in [0.05, 0.1) is 36.9 Å². The molecule has 0 bridgehead atoms. The highest BCUT2D eigenvalue weighted by atomic mass is 16.5. The summed E-state index contributed by atoms with van der Waals surface area (Å²) >= 11 is 0. The fraction of sp³-hybridized carbons (Fsp3) is 0.333. The molecule has 0 atom stereocenters. The molecule has 1 saturated carbocycles. The number of aromatic nitrogens is 4. The highest BCUT2D eigenvalue weighted by Gasteiger charge is 2.23. The monoisotopic (exact) mass is 405 g/mol. The number of ether oxygens (including phenoxy) is 2. The predicted molar refractivity (Wildman–Crippen MR) is 111 cm³/mol. The molecule has 4 rings (SSSR count). The lowest BCUT2D eigenvalue weighted by Crippen LogP contribution is -2.31. The quantitative estimate of drug-likeness (QED) is 0.569. The van der Waals surface area contributed by atoms with Gasteiger partial charge >= 0.3 is 0 Å². The molecule has 0 radical (unpaired) electrons. The molecular formula is C21H23N7O2. The minimum Gasteiger partial charge on any atom is -0.496 e. The maximum absolute atomic E-state index is 8.83. The van der Waals surface area contributed by atoms with Crippen molar-refractivity contribution < 1.29 is 9.47 Å². The molecule has 30 heavy (non-hydrogen) atoms. The number of aromatic amines is 1. The number of nitrogens with zero attached hydrogens (tertiary/aromatic N) is 4. The lowest BCUT2D eigenvalue weighted by Gasteiger charge is -2.27. The van der Waals surface area contributed by atoms with Crippen molar-refractivity contribution in [3.8, 4) is 28.8 Å². The number of nitriles is 1. The van der Waals surface area contributed by atoms with Crippen molar-refractivity contribution in [2.45, 2.75) is 37.8 Å². The van der Waals surface area contributed by atoms with Crippen LogP contribution >= 0.6 is 0 Å². The van der Waals surface area contributed by atoms with E-state index in [4.69, 9.17) is 20.5 Å². The Morgan fingerprint density at radius 3 is 2.63 bits per heavy atom. The van der Waals surface area contributed by atoms with Crippen LogP contribution in [0.15, 0.2) is 36.7 Å². The van der Waals surface area contributed by atoms with Gasteiger partial charge in [-0.1, -0.05) is 6.07 Å². The largest absolute Gasteiger partial charge is 0.496 e. The molecule has 2 heterocycles. The molecule has 4 N–H and O–H groups in total. The Labute approximate surface area is 174 Å². The molecule has 0 aliphatic heterocycles. The van der Waals surface area contributed by atoms with Crippen molar-refractivity contribution in [1.82, 2.24) is 20.2 Å². The molecular weight excluding hydrogens is 382 g/mol. The minimum atomic E-state index is 0.130. The molecule has 9 heteroatoms. The van der Waals surface area contributed by atoms with E-state index in [2.05, 4.69) is 25.5 Å². The molecule has 0 amide bonds. The van der Waals surface area contributed by atoms with Crippen molar-refractivity contribution in [2.75, 3.05) is 12.4 Å². The third kappa shape index (κ3) is 4.34. The third-order valence-corrected chi connectivity index (χ3v) is 5.09. The fourth-order valence-corrected chi connectivity index (χ4v) is 3.53. The van der Waals surface area contributed by atoms with Gasteiger partial charge in [-0.2, -0.15) is 10.4 Å². The average Bonchev–Trinajstić information content (AvgIpc) is 3.23. The zero-order valence-corrected chi connectivity index (χ0v) is 16.6. The van der Waals surface area contributed by atoms with Crippen LogP contribution in [-0.4, -0.2) is 39.4 Å². The summed E-state index contributed by atoms with van der Waals surface area (Å²) < 4.78 is 11.9. The van der Waals surface area contributed by atoms with Crippen molar-refractivity contribution in [1.29, 1.82) is 5.26 Å². The van der Waals surface area contributed by atoms with E-state index in [0.29, 0.717) is 17.4 Å². The van der Waals surface area contributed by atoms with Gasteiger partial charge < -0.3 is 20.5 Å². The first kappa shape index (κ1) is 19.7. The smallest absolute Gasteiger partial charge is 0.158 e. The number of hydrogen-bond donors (Lipinski definition) is 3. The fourth-order valence-electron chi connectivity index (χ4n) is 3.53. The Morgan fingerprint density at radius 2 is 1.93 bits per heavy atom. The zero-order chi connectivity index (χ0) is 20.9. The van der Waals surface area contributed by atoms with E-state index >= 15 is 0 Å². The zero-order valence-electron chi connectivity index (χ0n) is 16.6. The lowest BCUT2D eigenvalue weighted by molar-refractivity contribution is 0.147. The molecule has 0 saturated heterocycles. The number of rotatable bonds is 6. The van der Waals surface area contributed by atoms with Gasteiger partial charge in [-0.3, -0.25) is 5.10 Å². The summed E-state index contributed by atoms with van der Waals surface area (Å²) in [4.78, 5) is 8.15. The Bertz CT molecular complexity index is 1030. The molecule has 2 aromatic heterocycles. The second-order valence-corrected chi connectivity index (χ2v) is 7.18. The van der Waals surface area contributed by atoms with E-state index in [-0.39, 0.29) is 17.8 Å². The van der Waals surface area contributed by atoms with Crippen LogP contribution in [0.2, 0.25) is 0 Å². The molecule has 9 nitrogen and oxygen atoms in total. The summed E-state index contributed by atoms with van der Waals surface area (Å²) in [6.07, 6.45) is 6.82. The van der Waals surface area contributed by atoms with Crippen LogP contribution in [0.3, 0.4) is 0 Å². The maximum atomic E-state index is 8.83. The van der Waals surface area contributed by atoms with Gasteiger partial charge in [0.25, 0.3) is 0 Å². The predicted octanol–water partition coefficient (Wildman–Crippen LogP) is 3.14. The molecule has 1 aliphatic rings. The first-order valence-electron chi connectivity index (χ1n) is 9.80. The van der Waals surface area contributed by atoms with Crippen LogP contribution in [0.4, 0.5) is 11.6 Å². The van der Waals surface area contributed by atoms with E-state index in [1.807, 2.05) is 30.3 Å². The van der Waals surface area contributed by atoms with Crippen LogP contribution in [0.25, 0.3) is 11.3 Å². The van der Waals surface area contributed by atoms with Gasteiger partial charge in [0.2, 0.25) is 0 Å². The standard InChI is InChI=1S/C21H23N7O2/c1-29-17-3-2-4-18(30-15-7-5-13(23)6-8-15)21(17)16-9-19(28-27-16)26-20-12-24-14(10-22)11-25-20/h2-4,9,11-13,15H,5-8,23H2,1H3,(H2,25,26,27,28)/t13-,15+. The van der Waals surface area contributed by atoms with Gasteiger partial charge in [0, 0.05) is 12.1 Å². The van der Waals surface area contributed by atoms with Gasteiger partial charge in [-0.25, -0.2) is 9.97 Å². The number of methoxy groups -OCH3 is 1. The van der Waals surface area contributed by atoms with Crippen LogP contribution in [0.5, 0.6) is 11.5 Å². The van der Waals surface area contributed by atoms with Crippen molar-refractivity contribution in [3.63, 3.8) is 0 Å². The Hall–Kier alpha value is -3.64. The summed E-state index contributed by atoms with van der Waals surface area (Å²) in [5, 5.41) is 19.2. The first-order chi connectivity index (χ1) is 14.7. The van der Waals surface area contributed by atoms with E-state index in [0.717, 1.165) is 42.7 Å². The van der Waals surface area contributed by atoms with Crippen LogP contribution in [0, 0.1) is 11.3 Å². The molecule has 3 aromatic rings. The number of benzene rings is 1. The van der Waals surface area contributed by atoms with Gasteiger partial charge in [-0.05, 0) is 37.8 Å². The molecule has 1 aliphatic carbocycles. The Morgan fingerprint density at radius 1 is 1.13 bits per heavy atom. The number of nitrogens with one attached hydrogen (secondary N) is 2. The van der Waals surface area contributed by atoms with E-state index < -0.39 is 0 Å². The summed E-state index contributed by atoms with van der Waals surface area (Å²) in [6, 6.07) is 9.79. The summed E-state index contributed by atoms with van der Waals surface area (Å²) in [7, 11) is 1.63. The van der Waals surface area contributed by atoms with Crippen LogP contribution < -0.4 is 20.5 Å². The second-order valence-electron chi connectivity index (χ2n) is 7.18. The molecule has 0 unspecified atom stereocenters. The average molecular weight is 405 g/mol. The third-order valence-electron chi connectivity index (χ3n) is 5.09. The molecule has 1 aromatic carbocycles. The number of H-pyrrole nitrogens is 1. The van der Waals surface area contributed by atoms with Gasteiger partial charge in [0.15, 0.2) is 11.5 Å². The van der Waals surface area contributed by atoms with E-state index in [1.165, 1.54) is 12.4 Å². The highest BCUT2D eigenvalue weighted by molar-refractivity contribution is 5.76. The Kier molecular flexibility index (Phi) is 5.77. The number of nitrogens with two attached hydrogens (primary N) is 1. The van der Waals surface area contributed by atoms with Crippen molar-refractivity contribution >= 4 is 11.6 Å². The SMILES string of the molecule is COc1cccc(O[C@H]2CC[C@@H](N)CC2)c1-c1cc(Nc2cnc(C#N)cn2)n[nH]1. The Balaban J connectivity index is 1.57. The molecule has 0 spiro atoms. The summed E-state index contributed by atoms with van der Waals surface area (Å²) in [5.74, 6) is 2.48. The van der Waals surface area contributed by atoms with E-state index in [1.54, 1.807) is 7.11 Å². The molecule has 1 fully saturated rings. The molecule has 154 valence electrons. The lowest BCUT2D eigenvalue weighted by atomic mass is 9.93. The van der Waals surface area contributed by atoms with Crippen LogP contribution in [0.1, 0.15) is 31.4 Å². The van der Waals surface area contributed by atoms with Gasteiger partial charge in [-0.15, -0.1) is 0 Å². The van der Waals surface area contributed by atoms with E-state index in [9.17, 15) is 0 Å². The first-order valence-corrected chi connectivity index (χ1v) is 9.80. The number of hydrogen-bond acceptors (Lipinski definition) is 8. The summed E-state index contributed by atoms with van der Waals surface area (Å²) in [5.41, 5.74) is 7.83. The number of anilines is 2. The second kappa shape index (κ2) is 8.80. The summed E-state index contributed by atoms with van der Waals surface area (Å²) in [6.45, 7) is 0. The minimum absolute atomic E-state index is 0.130. The maximum Gasteiger partial charge on any atom is 0.158 e. The van der Waals surface area contributed by atoms with Crippen molar-refractivity contribution in [3.05, 3.63) is 42.4 Å². The normalized spacial score (nSPS) is 18.4. The van der Waals surface area contributed by atoms with Gasteiger partial charge in [0.1, 0.15) is 23.4 Å². The van der Waals surface area contributed by atoms with Crippen LogP contribution in [-0.2, 0) is 0 Å². The van der Waals surface area contributed by atoms with Crippen molar-refractivity contribution in [2.24, 2.45) is 5.73 Å². The highest BCUT2D eigenvalue weighted by Crippen LogP contribution is 2.39. The topological polar surface area (TPSA) is 135 Å².